The van der Waals surface area contributed by atoms with Crippen LogP contribution in [0.15, 0.2) is 30.3 Å². The highest BCUT2D eigenvalue weighted by Gasteiger charge is 2.05. The second-order valence-electron chi connectivity index (χ2n) is 4.34. The minimum Gasteiger partial charge on any atom is -0.494 e. The minimum atomic E-state index is 0.0927. The Balaban J connectivity index is 2.24. The van der Waals surface area contributed by atoms with E-state index < -0.39 is 0 Å². The Hall–Kier alpha value is -2.05. The molecule has 0 radical (unpaired) electrons. The molecule has 3 heteroatoms. The van der Waals surface area contributed by atoms with Crippen LogP contribution < -0.4 is 10.1 Å². The van der Waals surface area contributed by atoms with Crippen LogP contribution in [0, 0.1) is 12.3 Å². The molecule has 3 nitrogen and oxygen atoms in total. The maximum atomic E-state index is 5.43. The predicted molar refractivity (Wildman–Crippen MR) is 78.0 cm³/mol. The van der Waals surface area contributed by atoms with Gasteiger partial charge in [-0.2, -0.15) is 0 Å². The van der Waals surface area contributed by atoms with Gasteiger partial charge in [-0.05, 0) is 18.6 Å². The number of nitrogens with one attached hydrogen (secondary N) is 1. The second kappa shape index (κ2) is 6.21. The molecule has 1 N–H and O–H groups in total. The van der Waals surface area contributed by atoms with Crippen LogP contribution in [0.1, 0.15) is 19.0 Å². The Morgan fingerprint density at radius 3 is 2.89 bits per heavy atom. The lowest BCUT2D eigenvalue weighted by atomic mass is 10.2. The van der Waals surface area contributed by atoms with Crippen LogP contribution in [0.5, 0.6) is 5.75 Å². The monoisotopic (exact) mass is 254 g/mol. The predicted octanol–water partition coefficient (Wildman–Crippen LogP) is 2.74. The van der Waals surface area contributed by atoms with Gasteiger partial charge >= 0.3 is 0 Å². The lowest BCUT2D eigenvalue weighted by Crippen LogP contribution is -2.26. The number of para-hydroxylation sites is 1. The molecule has 19 heavy (non-hydrogen) atoms. The minimum absolute atomic E-state index is 0.0927. The summed E-state index contributed by atoms with van der Waals surface area (Å²) in [5.41, 5.74) is 1.85. The topological polar surface area (TPSA) is 34.1 Å². The van der Waals surface area contributed by atoms with Crippen LogP contribution in [0.4, 0.5) is 0 Å². The fourth-order valence-corrected chi connectivity index (χ4v) is 1.97. The van der Waals surface area contributed by atoms with Crippen molar-refractivity contribution in [2.45, 2.75) is 25.9 Å². The third-order valence-electron chi connectivity index (χ3n) is 3.10. The van der Waals surface area contributed by atoms with Crippen molar-refractivity contribution in [3.8, 4) is 18.1 Å². The van der Waals surface area contributed by atoms with E-state index in [9.17, 15) is 0 Å². The molecule has 1 aromatic heterocycles. The fourth-order valence-electron chi connectivity index (χ4n) is 1.97. The third kappa shape index (κ3) is 3.04. The van der Waals surface area contributed by atoms with E-state index in [1.54, 1.807) is 7.11 Å². The number of hydrogen-bond donors (Lipinski definition) is 1. The molecule has 0 saturated heterocycles. The first kappa shape index (κ1) is 13.4. The molecule has 0 fully saturated rings. The first-order valence-electron chi connectivity index (χ1n) is 6.40. The number of methoxy groups -OCH3 is 1. The number of benzene rings is 1. The highest BCUT2D eigenvalue weighted by Crippen LogP contribution is 2.23. The number of rotatable bonds is 5. The average molecular weight is 254 g/mol. The molecule has 1 aromatic carbocycles. The number of fused-ring (bicyclic) bond motifs is 1. The number of terminal acetylenes is 1. The van der Waals surface area contributed by atoms with Crippen molar-refractivity contribution in [3.05, 3.63) is 36.0 Å². The first-order valence-corrected chi connectivity index (χ1v) is 6.40. The highest BCUT2D eigenvalue weighted by atomic mass is 16.5. The van der Waals surface area contributed by atoms with E-state index in [-0.39, 0.29) is 6.04 Å². The SMILES string of the molecule is C#CC(CC)NCc1ccc2cccc(OC)c2n1. The molecule has 0 aliphatic carbocycles. The Bertz CT molecular complexity index is 601. The van der Waals surface area contributed by atoms with E-state index >= 15 is 0 Å². The fraction of sp³-hybridized carbons (Fsp3) is 0.312. The van der Waals surface area contributed by atoms with Gasteiger partial charge in [0.2, 0.25) is 0 Å². The van der Waals surface area contributed by atoms with Crippen LogP contribution in [0.3, 0.4) is 0 Å². The van der Waals surface area contributed by atoms with E-state index in [1.807, 2.05) is 24.3 Å². The van der Waals surface area contributed by atoms with Crippen LogP contribution in [-0.2, 0) is 6.54 Å². The van der Waals surface area contributed by atoms with Gasteiger partial charge in [0, 0.05) is 11.9 Å². The van der Waals surface area contributed by atoms with Gasteiger partial charge < -0.3 is 4.74 Å². The van der Waals surface area contributed by atoms with E-state index in [2.05, 4.69) is 29.2 Å². The average Bonchev–Trinajstić information content (AvgIpc) is 2.47. The van der Waals surface area contributed by atoms with Gasteiger partial charge in [0.1, 0.15) is 11.3 Å². The van der Waals surface area contributed by atoms with Crippen molar-refractivity contribution >= 4 is 10.9 Å². The molecule has 1 heterocycles. The van der Waals surface area contributed by atoms with Gasteiger partial charge in [0.05, 0.1) is 18.8 Å². The summed E-state index contributed by atoms with van der Waals surface area (Å²) in [6.45, 7) is 2.73. The van der Waals surface area contributed by atoms with Crippen LogP contribution in [-0.4, -0.2) is 18.1 Å². The molecule has 98 valence electrons. The van der Waals surface area contributed by atoms with Crippen LogP contribution >= 0.6 is 0 Å². The summed E-state index contributed by atoms with van der Waals surface area (Å²) in [6, 6.07) is 10.1. The molecule has 0 spiro atoms. The summed E-state index contributed by atoms with van der Waals surface area (Å²) in [6.07, 6.45) is 6.34. The van der Waals surface area contributed by atoms with Crippen LogP contribution in [0.2, 0.25) is 0 Å². The Kier molecular flexibility index (Phi) is 4.38. The number of pyridine rings is 1. The standard InChI is InChI=1S/C16H18N2O/c1-4-13(5-2)17-11-14-10-9-12-7-6-8-15(19-3)16(12)18-14/h1,6-10,13,17H,5,11H2,2-3H3. The van der Waals surface area contributed by atoms with Gasteiger partial charge in [-0.3, -0.25) is 5.32 Å². The summed E-state index contributed by atoms with van der Waals surface area (Å²) in [7, 11) is 1.66. The van der Waals surface area contributed by atoms with Crippen molar-refractivity contribution in [3.63, 3.8) is 0 Å². The summed E-state index contributed by atoms with van der Waals surface area (Å²) in [5, 5.41) is 4.37. The molecular weight excluding hydrogens is 236 g/mol. The molecule has 0 saturated carbocycles. The Morgan fingerprint density at radius 1 is 1.37 bits per heavy atom. The maximum Gasteiger partial charge on any atom is 0.145 e. The van der Waals surface area contributed by atoms with E-state index in [1.165, 1.54) is 0 Å². The third-order valence-corrected chi connectivity index (χ3v) is 3.10. The molecular formula is C16H18N2O. The van der Waals surface area contributed by atoms with Gasteiger partial charge in [-0.1, -0.05) is 31.0 Å². The van der Waals surface area contributed by atoms with Gasteiger partial charge in [-0.15, -0.1) is 6.42 Å². The van der Waals surface area contributed by atoms with Gasteiger partial charge in [-0.25, -0.2) is 4.98 Å². The number of ether oxygens (including phenoxy) is 1. The summed E-state index contributed by atoms with van der Waals surface area (Å²) in [5.74, 6) is 3.51. The molecule has 0 aliphatic heterocycles. The zero-order valence-electron chi connectivity index (χ0n) is 11.3. The zero-order chi connectivity index (χ0) is 13.7. The number of hydrogen-bond acceptors (Lipinski definition) is 3. The Labute approximate surface area is 114 Å². The molecule has 1 unspecified atom stereocenters. The number of nitrogens with zero attached hydrogens (tertiary/aromatic N) is 1. The molecule has 2 rings (SSSR count). The summed E-state index contributed by atoms with van der Waals surface area (Å²) < 4.78 is 5.34. The smallest absolute Gasteiger partial charge is 0.145 e. The molecule has 0 amide bonds. The first-order chi connectivity index (χ1) is 9.28. The highest BCUT2D eigenvalue weighted by molar-refractivity contribution is 5.84. The lowest BCUT2D eigenvalue weighted by Gasteiger charge is -2.11. The molecule has 0 aliphatic rings. The lowest BCUT2D eigenvalue weighted by molar-refractivity contribution is 0.418. The van der Waals surface area contributed by atoms with Crippen molar-refractivity contribution < 1.29 is 4.74 Å². The van der Waals surface area contributed by atoms with Gasteiger partial charge in [0.15, 0.2) is 0 Å². The molecule has 0 bridgehead atoms. The summed E-state index contributed by atoms with van der Waals surface area (Å²) >= 11 is 0. The van der Waals surface area contributed by atoms with Crippen molar-refractivity contribution in [2.24, 2.45) is 0 Å². The normalized spacial score (nSPS) is 12.1. The van der Waals surface area contributed by atoms with E-state index in [4.69, 9.17) is 11.2 Å². The number of aromatic nitrogens is 1. The van der Waals surface area contributed by atoms with E-state index in [0.717, 1.165) is 28.8 Å². The summed E-state index contributed by atoms with van der Waals surface area (Å²) in [4.78, 5) is 4.63. The van der Waals surface area contributed by atoms with Crippen molar-refractivity contribution in [1.82, 2.24) is 10.3 Å². The van der Waals surface area contributed by atoms with Gasteiger partial charge in [0.25, 0.3) is 0 Å². The Morgan fingerprint density at radius 2 is 2.21 bits per heavy atom. The maximum absolute atomic E-state index is 5.43. The van der Waals surface area contributed by atoms with Crippen molar-refractivity contribution in [1.29, 1.82) is 0 Å². The largest absolute Gasteiger partial charge is 0.494 e. The van der Waals surface area contributed by atoms with Crippen LogP contribution in [0.25, 0.3) is 10.9 Å². The second-order valence-corrected chi connectivity index (χ2v) is 4.34. The quantitative estimate of drug-likeness (QED) is 0.833. The zero-order valence-corrected chi connectivity index (χ0v) is 11.3. The molecule has 2 aromatic rings. The van der Waals surface area contributed by atoms with E-state index in [0.29, 0.717) is 6.54 Å². The molecule has 1 atom stereocenters. The van der Waals surface area contributed by atoms with Crippen molar-refractivity contribution in [2.75, 3.05) is 7.11 Å².